The van der Waals surface area contributed by atoms with Crippen LogP contribution in [0, 0.1) is 0 Å². The van der Waals surface area contributed by atoms with Crippen molar-refractivity contribution >= 4 is 43.4 Å². The van der Waals surface area contributed by atoms with Gasteiger partial charge in [-0.3, -0.25) is 4.57 Å². The predicted octanol–water partition coefficient (Wildman–Crippen LogP) is 8.21. The maximum atomic E-state index is 5.04. The van der Waals surface area contributed by atoms with Crippen molar-refractivity contribution < 1.29 is 0 Å². The molecular weight excluding hydrogens is 486 g/mol. The van der Waals surface area contributed by atoms with Gasteiger partial charge in [0.05, 0.1) is 21.3 Å². The van der Waals surface area contributed by atoms with Gasteiger partial charge >= 0.3 is 0 Å². The van der Waals surface area contributed by atoms with Crippen molar-refractivity contribution in [3.8, 4) is 28.2 Å². The lowest BCUT2D eigenvalue weighted by Crippen LogP contribution is -2.10. The van der Waals surface area contributed by atoms with Gasteiger partial charge in [0.2, 0.25) is 5.95 Å². The first kappa shape index (κ1) is 22.8. The molecular formula is C32H25N5S. The summed E-state index contributed by atoms with van der Waals surface area (Å²) in [6, 6.07) is 33.5. The molecule has 0 bridgehead atoms. The molecule has 3 heterocycles. The molecule has 0 spiro atoms. The molecule has 0 fully saturated rings. The van der Waals surface area contributed by atoms with Crippen molar-refractivity contribution in [2.45, 2.75) is 26.2 Å². The van der Waals surface area contributed by atoms with Crippen LogP contribution >= 0.6 is 11.3 Å². The number of rotatable bonds is 3. The summed E-state index contributed by atoms with van der Waals surface area (Å²) in [5, 5.41) is 3.12. The highest BCUT2D eigenvalue weighted by Gasteiger charge is 2.20. The number of para-hydroxylation sites is 3. The van der Waals surface area contributed by atoms with Crippen LogP contribution in [0.1, 0.15) is 26.3 Å². The fourth-order valence-electron chi connectivity index (χ4n) is 4.91. The van der Waals surface area contributed by atoms with Crippen LogP contribution in [-0.4, -0.2) is 24.5 Å². The SMILES string of the molecule is CC(C)(C)c1ccc(-c2nc(-c3nc4ccccc4s3)nc(-n3c4ccccc4c4ccccc43)n2)cc1. The van der Waals surface area contributed by atoms with Gasteiger partial charge in [-0.1, -0.05) is 93.6 Å². The minimum Gasteiger partial charge on any atom is -0.278 e. The maximum absolute atomic E-state index is 5.04. The Hall–Kier alpha value is -4.42. The fourth-order valence-corrected chi connectivity index (χ4v) is 5.81. The second-order valence-electron chi connectivity index (χ2n) is 10.5. The van der Waals surface area contributed by atoms with Gasteiger partial charge < -0.3 is 0 Å². The van der Waals surface area contributed by atoms with E-state index in [2.05, 4.69) is 104 Å². The summed E-state index contributed by atoms with van der Waals surface area (Å²) < 4.78 is 3.24. The van der Waals surface area contributed by atoms with Crippen molar-refractivity contribution in [3.63, 3.8) is 0 Å². The van der Waals surface area contributed by atoms with Crippen LogP contribution in [0.25, 0.3) is 60.2 Å². The molecule has 38 heavy (non-hydrogen) atoms. The van der Waals surface area contributed by atoms with E-state index in [1.165, 1.54) is 16.3 Å². The first-order valence-corrected chi connectivity index (χ1v) is 13.5. The summed E-state index contributed by atoms with van der Waals surface area (Å²) in [6.45, 7) is 6.66. The standard InChI is InChI=1S/C32H25N5S/c1-32(2,3)21-18-16-20(17-19-21)28-34-29(30-33-24-12-6-9-15-27(24)38-30)36-31(35-28)37-25-13-7-4-10-22(25)23-11-5-8-14-26(23)37/h4-19H,1-3H3. The third-order valence-corrected chi connectivity index (χ3v) is 7.93. The van der Waals surface area contributed by atoms with Gasteiger partial charge in [-0.2, -0.15) is 9.97 Å². The highest BCUT2D eigenvalue weighted by atomic mass is 32.1. The number of thiazole rings is 1. The first-order chi connectivity index (χ1) is 18.5. The Bertz CT molecular complexity index is 1870. The van der Waals surface area contributed by atoms with Gasteiger partial charge in [0.15, 0.2) is 16.7 Å². The number of fused-ring (bicyclic) bond motifs is 4. The Labute approximate surface area is 224 Å². The Kier molecular flexibility index (Phi) is 5.13. The van der Waals surface area contributed by atoms with Crippen molar-refractivity contribution in [3.05, 3.63) is 103 Å². The topological polar surface area (TPSA) is 56.5 Å². The van der Waals surface area contributed by atoms with Gasteiger partial charge in [0.25, 0.3) is 0 Å². The van der Waals surface area contributed by atoms with Crippen LogP contribution in [0.5, 0.6) is 0 Å². The fraction of sp³-hybridized carbons (Fsp3) is 0.125. The number of nitrogens with zero attached hydrogens (tertiary/aromatic N) is 5. The van der Waals surface area contributed by atoms with E-state index >= 15 is 0 Å². The Morgan fingerprint density at radius 3 is 1.87 bits per heavy atom. The van der Waals surface area contributed by atoms with Crippen molar-refractivity contribution in [2.75, 3.05) is 0 Å². The van der Waals surface area contributed by atoms with Crippen LogP contribution in [-0.2, 0) is 5.41 Å². The average Bonchev–Trinajstić information content (AvgIpc) is 3.52. The number of aromatic nitrogens is 5. The van der Waals surface area contributed by atoms with Crippen LogP contribution in [0.2, 0.25) is 0 Å². The van der Waals surface area contributed by atoms with Crippen molar-refractivity contribution in [1.82, 2.24) is 24.5 Å². The largest absolute Gasteiger partial charge is 0.278 e. The lowest BCUT2D eigenvalue weighted by molar-refractivity contribution is 0.590. The molecule has 184 valence electrons. The first-order valence-electron chi connectivity index (χ1n) is 12.7. The van der Waals surface area contributed by atoms with Crippen LogP contribution in [0.4, 0.5) is 0 Å². The molecule has 0 atom stereocenters. The minimum atomic E-state index is 0.0674. The Balaban J connectivity index is 1.50. The van der Waals surface area contributed by atoms with Gasteiger partial charge in [-0.15, -0.1) is 11.3 Å². The second-order valence-corrected chi connectivity index (χ2v) is 11.5. The van der Waals surface area contributed by atoms with E-state index in [0.717, 1.165) is 31.8 Å². The zero-order chi connectivity index (χ0) is 25.9. The molecule has 5 nitrogen and oxygen atoms in total. The zero-order valence-corrected chi connectivity index (χ0v) is 22.2. The summed E-state index contributed by atoms with van der Waals surface area (Å²) in [4.78, 5) is 19.9. The number of hydrogen-bond donors (Lipinski definition) is 0. The number of benzene rings is 4. The molecule has 4 aromatic carbocycles. The average molecular weight is 512 g/mol. The molecule has 0 unspecified atom stereocenters. The van der Waals surface area contributed by atoms with Gasteiger partial charge in [0.1, 0.15) is 0 Å². The molecule has 0 aliphatic carbocycles. The molecule has 0 saturated carbocycles. The predicted molar refractivity (Wildman–Crippen MR) is 157 cm³/mol. The lowest BCUT2D eigenvalue weighted by atomic mass is 9.87. The van der Waals surface area contributed by atoms with Crippen LogP contribution < -0.4 is 0 Å². The smallest absolute Gasteiger partial charge is 0.238 e. The van der Waals surface area contributed by atoms with E-state index in [4.69, 9.17) is 19.9 Å². The van der Waals surface area contributed by atoms with Crippen molar-refractivity contribution in [1.29, 1.82) is 0 Å². The molecule has 0 radical (unpaired) electrons. The van der Waals surface area contributed by atoms with Crippen molar-refractivity contribution in [2.24, 2.45) is 0 Å². The Morgan fingerprint density at radius 1 is 0.605 bits per heavy atom. The van der Waals surface area contributed by atoms with Gasteiger partial charge in [-0.25, -0.2) is 9.97 Å². The summed E-state index contributed by atoms with van der Waals surface area (Å²) in [5.41, 5.74) is 5.35. The Morgan fingerprint density at radius 2 is 1.21 bits per heavy atom. The monoisotopic (exact) mass is 511 g/mol. The summed E-state index contributed by atoms with van der Waals surface area (Å²) >= 11 is 1.60. The molecule has 0 amide bonds. The van der Waals surface area contributed by atoms with E-state index in [1.54, 1.807) is 11.3 Å². The number of hydrogen-bond acceptors (Lipinski definition) is 5. The highest BCUT2D eigenvalue weighted by Crippen LogP contribution is 2.34. The molecule has 0 aliphatic heterocycles. The minimum absolute atomic E-state index is 0.0674. The maximum Gasteiger partial charge on any atom is 0.238 e. The molecule has 7 aromatic rings. The quantitative estimate of drug-likeness (QED) is 0.240. The third kappa shape index (κ3) is 3.76. The van der Waals surface area contributed by atoms with E-state index in [-0.39, 0.29) is 5.41 Å². The van der Waals surface area contributed by atoms with Gasteiger partial charge in [0, 0.05) is 16.3 Å². The van der Waals surface area contributed by atoms with E-state index in [1.807, 2.05) is 18.2 Å². The van der Waals surface area contributed by atoms with Crippen LogP contribution in [0.15, 0.2) is 97.1 Å². The van der Waals surface area contributed by atoms with E-state index < -0.39 is 0 Å². The van der Waals surface area contributed by atoms with E-state index in [9.17, 15) is 0 Å². The van der Waals surface area contributed by atoms with E-state index in [0.29, 0.717) is 17.6 Å². The molecule has 0 saturated heterocycles. The van der Waals surface area contributed by atoms with Crippen LogP contribution in [0.3, 0.4) is 0 Å². The second kappa shape index (κ2) is 8.57. The zero-order valence-electron chi connectivity index (χ0n) is 21.4. The molecule has 7 rings (SSSR count). The normalized spacial score (nSPS) is 12.1. The highest BCUT2D eigenvalue weighted by molar-refractivity contribution is 7.21. The molecule has 0 aliphatic rings. The summed E-state index contributed by atoms with van der Waals surface area (Å²) in [6.07, 6.45) is 0. The molecule has 6 heteroatoms. The molecule has 3 aromatic heterocycles. The molecule has 0 N–H and O–H groups in total. The summed E-state index contributed by atoms with van der Waals surface area (Å²) in [7, 11) is 0. The lowest BCUT2D eigenvalue weighted by Gasteiger charge is -2.19. The summed E-state index contributed by atoms with van der Waals surface area (Å²) in [5.74, 6) is 1.79. The van der Waals surface area contributed by atoms with Gasteiger partial charge in [-0.05, 0) is 35.2 Å². The third-order valence-electron chi connectivity index (χ3n) is 6.90.